The first kappa shape index (κ1) is 11.6. The van der Waals surface area contributed by atoms with E-state index >= 15 is 0 Å². The largest absolute Gasteiger partial charge is 0.462 e. The van der Waals surface area contributed by atoms with Gasteiger partial charge in [0.05, 0.1) is 6.61 Å². The molecular weight excluding hydrogens is 171 g/mol. The van der Waals surface area contributed by atoms with Crippen LogP contribution in [0.2, 0.25) is 0 Å². The van der Waals surface area contributed by atoms with Crippen molar-refractivity contribution in [3.05, 3.63) is 12.7 Å². The van der Waals surface area contributed by atoms with Crippen LogP contribution in [-0.2, 0) is 9.53 Å². The highest BCUT2D eigenvalue weighted by Crippen LogP contribution is 2.33. The van der Waals surface area contributed by atoms with Crippen molar-refractivity contribution in [2.75, 3.05) is 25.1 Å². The lowest BCUT2D eigenvalue weighted by molar-refractivity contribution is -0.137. The molecule has 0 aromatic rings. The zero-order valence-corrected chi connectivity index (χ0v) is 8.77. The van der Waals surface area contributed by atoms with E-state index in [2.05, 4.69) is 20.4 Å². The fourth-order valence-corrected chi connectivity index (χ4v) is 2.30. The summed E-state index contributed by atoms with van der Waals surface area (Å²) in [4.78, 5) is 10.6. The van der Waals surface area contributed by atoms with E-state index in [9.17, 15) is 4.79 Å². The molecule has 0 saturated heterocycles. The first-order chi connectivity index (χ1) is 5.74. The van der Waals surface area contributed by atoms with Crippen molar-refractivity contribution in [3.63, 3.8) is 0 Å². The molecule has 0 aromatic heterocycles. The van der Waals surface area contributed by atoms with Gasteiger partial charge in [0, 0.05) is 12.2 Å². The zero-order chi connectivity index (χ0) is 9.40. The maximum absolute atomic E-state index is 10.6. The van der Waals surface area contributed by atoms with Gasteiger partial charge < -0.3 is 4.74 Å². The van der Waals surface area contributed by atoms with Crippen molar-refractivity contribution in [1.82, 2.24) is 0 Å². The molecule has 0 spiro atoms. The molecule has 2 nitrogen and oxygen atoms in total. The van der Waals surface area contributed by atoms with Gasteiger partial charge in [-0.3, -0.25) is 0 Å². The van der Waals surface area contributed by atoms with Crippen molar-refractivity contribution in [2.45, 2.75) is 13.8 Å². The van der Waals surface area contributed by atoms with E-state index in [1.54, 1.807) is 0 Å². The maximum Gasteiger partial charge on any atom is 0.330 e. The normalized spacial score (nSPS) is 9.92. The van der Waals surface area contributed by atoms with Crippen LogP contribution in [0.1, 0.15) is 13.8 Å². The summed E-state index contributed by atoms with van der Waals surface area (Å²) < 4.78 is 4.88. The van der Waals surface area contributed by atoms with Gasteiger partial charge in [0.15, 0.2) is 0 Å². The van der Waals surface area contributed by atoms with Crippen molar-refractivity contribution >= 4 is 13.9 Å². The molecular formula is C9H17O2P. The lowest BCUT2D eigenvalue weighted by Crippen LogP contribution is -2.05. The Kier molecular flexibility index (Phi) is 7.08. The van der Waals surface area contributed by atoms with Crippen LogP contribution in [-0.4, -0.2) is 31.1 Å². The van der Waals surface area contributed by atoms with Gasteiger partial charge in [-0.15, -0.1) is 7.92 Å². The fourth-order valence-electron chi connectivity index (χ4n) is 0.874. The smallest absolute Gasteiger partial charge is 0.330 e. The maximum atomic E-state index is 10.6. The second-order valence-corrected chi connectivity index (χ2v) is 5.45. The molecule has 0 radical (unpaired) electrons. The highest BCUT2D eigenvalue weighted by atomic mass is 31.1. The molecule has 0 N–H and O–H groups in total. The summed E-state index contributed by atoms with van der Waals surface area (Å²) in [7, 11) is 0.0966. The second kappa shape index (κ2) is 7.30. The molecule has 0 fully saturated rings. The first-order valence-corrected chi connectivity index (χ1v) is 6.15. The summed E-state index contributed by atoms with van der Waals surface area (Å²) in [5.74, 6) is -0.308. The number of rotatable bonds is 6. The summed E-state index contributed by atoms with van der Waals surface area (Å²) in [5, 5.41) is 0. The molecule has 0 atom stereocenters. The number of hydrogen-bond donors (Lipinski definition) is 0. The summed E-state index contributed by atoms with van der Waals surface area (Å²) in [6.07, 6.45) is 4.68. The van der Waals surface area contributed by atoms with Gasteiger partial charge in [-0.2, -0.15) is 0 Å². The van der Waals surface area contributed by atoms with Crippen LogP contribution in [0.3, 0.4) is 0 Å². The number of carbonyl (C=O) groups is 1. The Morgan fingerprint density at radius 2 is 2.08 bits per heavy atom. The molecule has 0 amide bonds. The SMILES string of the molecule is C=CC(=O)OCCP(CC)CC. The summed E-state index contributed by atoms with van der Waals surface area (Å²) >= 11 is 0. The van der Waals surface area contributed by atoms with Gasteiger partial charge in [-0.25, -0.2) is 4.79 Å². The van der Waals surface area contributed by atoms with Gasteiger partial charge in [-0.05, 0) is 12.3 Å². The standard InChI is InChI=1S/C9H17O2P/c1-4-9(10)11-7-8-12(5-2)6-3/h4H,1,5-8H2,2-3H3. The molecule has 0 unspecified atom stereocenters. The molecule has 12 heavy (non-hydrogen) atoms. The number of hydrogen-bond acceptors (Lipinski definition) is 2. The molecule has 70 valence electrons. The Balaban J connectivity index is 3.40. The Hall–Kier alpha value is -0.360. The lowest BCUT2D eigenvalue weighted by Gasteiger charge is -2.11. The number of esters is 1. The van der Waals surface area contributed by atoms with E-state index in [-0.39, 0.29) is 13.9 Å². The van der Waals surface area contributed by atoms with Crippen molar-refractivity contribution < 1.29 is 9.53 Å². The van der Waals surface area contributed by atoms with Crippen LogP contribution < -0.4 is 0 Å². The van der Waals surface area contributed by atoms with Crippen molar-refractivity contribution in [1.29, 1.82) is 0 Å². The molecule has 0 aromatic carbocycles. The molecule has 0 saturated carbocycles. The average molecular weight is 188 g/mol. The fraction of sp³-hybridized carbons (Fsp3) is 0.667. The first-order valence-electron chi connectivity index (χ1n) is 4.26. The predicted molar refractivity (Wildman–Crippen MR) is 54.0 cm³/mol. The second-order valence-electron chi connectivity index (χ2n) is 2.40. The summed E-state index contributed by atoms with van der Waals surface area (Å²) in [5.41, 5.74) is 0. The Labute approximate surface area is 75.7 Å². The van der Waals surface area contributed by atoms with E-state index in [1.165, 1.54) is 18.4 Å². The topological polar surface area (TPSA) is 26.3 Å². The molecule has 0 rings (SSSR count). The van der Waals surface area contributed by atoms with Gasteiger partial charge in [-0.1, -0.05) is 20.4 Å². The van der Waals surface area contributed by atoms with Crippen molar-refractivity contribution in [3.8, 4) is 0 Å². The molecule has 0 heterocycles. The summed E-state index contributed by atoms with van der Waals surface area (Å²) in [6.45, 7) is 8.25. The van der Waals surface area contributed by atoms with E-state index in [0.717, 1.165) is 6.16 Å². The Morgan fingerprint density at radius 3 is 2.50 bits per heavy atom. The van der Waals surface area contributed by atoms with Crippen LogP contribution >= 0.6 is 7.92 Å². The van der Waals surface area contributed by atoms with Crippen molar-refractivity contribution in [2.24, 2.45) is 0 Å². The van der Waals surface area contributed by atoms with Gasteiger partial charge in [0.25, 0.3) is 0 Å². The molecule has 0 aliphatic carbocycles. The van der Waals surface area contributed by atoms with E-state index < -0.39 is 0 Å². The van der Waals surface area contributed by atoms with E-state index in [1.807, 2.05) is 0 Å². The van der Waals surface area contributed by atoms with Crippen LogP contribution in [0.25, 0.3) is 0 Å². The zero-order valence-electron chi connectivity index (χ0n) is 7.88. The predicted octanol–water partition coefficient (Wildman–Crippen LogP) is 2.24. The van der Waals surface area contributed by atoms with Gasteiger partial charge in [0.2, 0.25) is 0 Å². The van der Waals surface area contributed by atoms with Gasteiger partial charge >= 0.3 is 5.97 Å². The third-order valence-electron chi connectivity index (χ3n) is 1.71. The minimum Gasteiger partial charge on any atom is -0.462 e. The Morgan fingerprint density at radius 1 is 1.50 bits per heavy atom. The molecule has 0 aliphatic rings. The number of ether oxygens (including phenoxy) is 1. The van der Waals surface area contributed by atoms with Crippen LogP contribution in [0, 0.1) is 0 Å². The molecule has 0 aliphatic heterocycles. The highest BCUT2D eigenvalue weighted by Gasteiger charge is 2.02. The van der Waals surface area contributed by atoms with E-state index in [4.69, 9.17) is 4.74 Å². The minimum atomic E-state index is -0.308. The minimum absolute atomic E-state index is 0.0966. The third-order valence-corrected chi connectivity index (χ3v) is 4.32. The van der Waals surface area contributed by atoms with Crippen LogP contribution in [0.4, 0.5) is 0 Å². The number of carbonyl (C=O) groups excluding carboxylic acids is 1. The lowest BCUT2D eigenvalue weighted by atomic mass is 10.6. The van der Waals surface area contributed by atoms with Gasteiger partial charge in [0.1, 0.15) is 0 Å². The molecule has 0 bridgehead atoms. The van der Waals surface area contributed by atoms with Crippen LogP contribution in [0.15, 0.2) is 12.7 Å². The summed E-state index contributed by atoms with van der Waals surface area (Å²) in [6, 6.07) is 0. The Bertz CT molecular complexity index is 141. The highest BCUT2D eigenvalue weighted by molar-refractivity contribution is 7.57. The third kappa shape index (κ3) is 5.31. The monoisotopic (exact) mass is 188 g/mol. The molecule has 3 heteroatoms. The quantitative estimate of drug-likeness (QED) is 0.363. The average Bonchev–Trinajstić information content (AvgIpc) is 2.12. The van der Waals surface area contributed by atoms with Crippen LogP contribution in [0.5, 0.6) is 0 Å². The van der Waals surface area contributed by atoms with E-state index in [0.29, 0.717) is 6.61 Å².